The Kier molecular flexibility index (Phi) is 66.4. The quantitative estimate of drug-likeness (QED) is 0.0240. The van der Waals surface area contributed by atoms with E-state index >= 15 is 0 Å². The van der Waals surface area contributed by atoms with Crippen LogP contribution in [0, 0.1) is 32.1 Å². The third-order valence-electron chi connectivity index (χ3n) is 29.8. The van der Waals surface area contributed by atoms with Crippen molar-refractivity contribution in [3.05, 3.63) is 86.5 Å². The summed E-state index contributed by atoms with van der Waals surface area (Å²) >= 11 is 0. The zero-order chi connectivity index (χ0) is 93.5. The van der Waals surface area contributed by atoms with Crippen LogP contribution in [-0.2, 0) is 27.1 Å². The summed E-state index contributed by atoms with van der Waals surface area (Å²) in [5.74, 6) is 1.89. The zero-order valence-corrected chi connectivity index (χ0v) is 89.9. The van der Waals surface area contributed by atoms with E-state index in [1.54, 1.807) is 0 Å². The maximum absolute atomic E-state index is 11.4. The van der Waals surface area contributed by atoms with Gasteiger partial charge < -0.3 is 42.9 Å². The van der Waals surface area contributed by atoms with E-state index in [-0.39, 0.29) is 5.92 Å². The molecule has 1 atom stereocenters. The highest BCUT2D eigenvalue weighted by Crippen LogP contribution is 2.71. The Morgan fingerprint density at radius 2 is 0.402 bits per heavy atom. The van der Waals surface area contributed by atoms with E-state index in [9.17, 15) is 29.4 Å². The Morgan fingerprint density at radius 3 is 0.614 bits per heavy atom. The maximum Gasteiger partial charge on any atom is 0.391 e. The number of hydrogen-bond acceptors (Lipinski definition) is 9. The lowest BCUT2D eigenvalue weighted by Crippen LogP contribution is -2.63. The van der Waals surface area contributed by atoms with Crippen molar-refractivity contribution < 1.29 is 42.9 Å². The van der Waals surface area contributed by atoms with Crippen LogP contribution in [0.5, 0.6) is 17.2 Å². The molecule has 0 aliphatic rings. The van der Waals surface area contributed by atoms with Gasteiger partial charge in [-0.15, -0.1) is 0 Å². The van der Waals surface area contributed by atoms with Crippen LogP contribution in [-0.4, -0.2) is 29.4 Å². The molecule has 0 saturated carbocycles. The molecular formula is C115H211O9P3. The first kappa shape index (κ1) is 119. The lowest BCUT2D eigenvalue weighted by molar-refractivity contribution is -0.0508. The van der Waals surface area contributed by atoms with Crippen molar-refractivity contribution in [3.63, 3.8) is 0 Å². The van der Waals surface area contributed by atoms with Gasteiger partial charge in [0.05, 0.1) is 0 Å². The van der Waals surface area contributed by atoms with Crippen LogP contribution in [0.4, 0.5) is 0 Å². The van der Waals surface area contributed by atoms with Crippen molar-refractivity contribution in [2.75, 3.05) is 0 Å². The molecule has 127 heavy (non-hydrogen) atoms. The third-order valence-corrected chi connectivity index (χ3v) is 30.8. The minimum absolute atomic E-state index is 0.227. The van der Waals surface area contributed by atoms with Gasteiger partial charge in [0.2, 0.25) is 0 Å². The second kappa shape index (κ2) is 70.7. The Morgan fingerprint density at radius 1 is 0.220 bits per heavy atom. The van der Waals surface area contributed by atoms with Crippen molar-refractivity contribution in [1.82, 2.24) is 0 Å². The fourth-order valence-electron chi connectivity index (χ4n) is 22.7. The van der Waals surface area contributed by atoms with E-state index in [0.29, 0.717) is 17.2 Å². The van der Waals surface area contributed by atoms with Gasteiger partial charge in [0.25, 0.3) is 0 Å². The third kappa shape index (κ3) is 46.2. The lowest BCUT2D eigenvalue weighted by atomic mass is 9.37. The van der Waals surface area contributed by atoms with Gasteiger partial charge in [-0.2, -0.15) is 0 Å². The average molecular weight is 1830 g/mol. The molecule has 0 aromatic heterocycles. The molecule has 0 aliphatic heterocycles. The molecule has 0 aliphatic carbocycles. The summed E-state index contributed by atoms with van der Waals surface area (Å²) in [6.07, 6.45) is 89.6. The molecule has 0 bridgehead atoms. The van der Waals surface area contributed by atoms with Crippen LogP contribution in [0.1, 0.15) is 616 Å². The Balaban J connectivity index is 3.18. The zero-order valence-electron chi connectivity index (χ0n) is 87.2. The second-order valence-corrected chi connectivity index (χ2v) is 45.8. The van der Waals surface area contributed by atoms with Crippen LogP contribution in [0.3, 0.4) is 0 Å². The molecule has 12 heteroatoms. The Hall–Kier alpha value is -1.89. The van der Waals surface area contributed by atoms with Crippen molar-refractivity contribution in [1.29, 1.82) is 0 Å². The highest BCUT2D eigenvalue weighted by Gasteiger charge is 2.66. The lowest BCUT2D eigenvalue weighted by Gasteiger charge is -2.66. The molecule has 3 rings (SSSR count). The SMILES string of the molecule is CCCCCCCCCCCCCC(CCCCCCCCCCCCC)C(CCCCCCCCCCCCC)(c1cc(C(C)(C)C)c(OP(O)O)cc1C)C(CCCCCCCCCCCCC)(CCCCCCCCCCCCC)C(CCCCCCCCCCCCC)(c1cc(C(C)(C)C)c(OP(O)O)cc1C)c1cc(C(C)(C)C)c(OP(O)O)cc1C. The predicted octanol–water partition coefficient (Wildman–Crippen LogP) is 39.3. The topological polar surface area (TPSA) is 149 Å². The molecule has 0 spiro atoms. The highest BCUT2D eigenvalue weighted by atomic mass is 31.2. The number of benzene rings is 3. The van der Waals surface area contributed by atoms with E-state index in [4.69, 9.17) is 13.6 Å². The molecular weight excluding hydrogens is 1620 g/mol. The fourth-order valence-corrected chi connectivity index (χ4v) is 23.7. The molecule has 3 aromatic carbocycles. The van der Waals surface area contributed by atoms with Gasteiger partial charge in [-0.1, -0.05) is 546 Å². The van der Waals surface area contributed by atoms with Crippen molar-refractivity contribution in [3.8, 4) is 17.2 Å². The Labute approximate surface area is 792 Å². The van der Waals surface area contributed by atoms with Gasteiger partial charge in [-0.3, -0.25) is 0 Å². The maximum atomic E-state index is 11.4. The van der Waals surface area contributed by atoms with Crippen molar-refractivity contribution in [2.45, 2.75) is 614 Å². The molecule has 0 saturated heterocycles. The van der Waals surface area contributed by atoms with E-state index in [0.717, 1.165) is 118 Å². The molecule has 3 aromatic rings. The molecule has 1 unspecified atom stereocenters. The number of rotatable bonds is 84. The highest BCUT2D eigenvalue weighted by molar-refractivity contribution is 7.40. The van der Waals surface area contributed by atoms with Crippen LogP contribution in [0.15, 0.2) is 36.4 Å². The summed E-state index contributed by atoms with van der Waals surface area (Å²) in [6, 6.07) is 14.7. The van der Waals surface area contributed by atoms with Crippen LogP contribution >= 0.6 is 25.8 Å². The largest absolute Gasteiger partial charge is 0.427 e. The summed E-state index contributed by atoms with van der Waals surface area (Å²) in [4.78, 5) is 68.1. The molecule has 0 amide bonds. The van der Waals surface area contributed by atoms with E-state index in [1.165, 1.54) is 395 Å². The summed E-state index contributed by atoms with van der Waals surface area (Å²) in [5.41, 5.74) is 7.16. The van der Waals surface area contributed by atoms with Gasteiger partial charge >= 0.3 is 25.8 Å². The minimum Gasteiger partial charge on any atom is -0.427 e. The standard InChI is InChI=1S/C115H211O9P3/c1-19-25-31-37-43-49-55-61-67-73-79-85-100(86-80-74-68-62-56-50-44-38-32-26-20-2)114(89-83-77-71-65-59-53-47-41-35-29-23-5,101-94-104(110(10,11)12)107(91-97(101)7)122-125(116)117)113(87-81-75-69-63-57-51-45-39-33-27-21-3,88-82-76-70-64-58-52-46-40-34-28-22-4)115(90-84-78-72-66-60-54-48-42-36-30-24-6,102-95-105(111(13,14)15)108(92-98(102)8)123-126(118)119)103-96-106(112(16,17)18)109(93-99(103)9)124-127(120)121/h91-96,100,116-121H,19-90H2,1-18H3. The van der Waals surface area contributed by atoms with Gasteiger partial charge in [-0.25, -0.2) is 0 Å². The number of hydrogen-bond donors (Lipinski definition) is 6. The van der Waals surface area contributed by atoms with Crippen LogP contribution in [0.25, 0.3) is 0 Å². The van der Waals surface area contributed by atoms with Gasteiger partial charge in [0.1, 0.15) is 17.2 Å². The summed E-state index contributed by atoms with van der Waals surface area (Å²) in [6.45, 7) is 42.0. The van der Waals surface area contributed by atoms with E-state index < -0.39 is 58.3 Å². The summed E-state index contributed by atoms with van der Waals surface area (Å²) < 4.78 is 19.5. The van der Waals surface area contributed by atoms with E-state index in [1.807, 2.05) is 0 Å². The summed E-state index contributed by atoms with van der Waals surface area (Å²) in [7, 11) is -8.31. The second-order valence-electron chi connectivity index (χ2n) is 43.7. The average Bonchev–Trinajstić information content (AvgIpc) is 0.673. The first-order chi connectivity index (χ1) is 61.0. The molecule has 0 fully saturated rings. The Bertz CT molecular complexity index is 3010. The summed E-state index contributed by atoms with van der Waals surface area (Å²) in [5, 5.41) is 0. The van der Waals surface area contributed by atoms with Gasteiger partial charge in [0.15, 0.2) is 0 Å². The molecule has 740 valence electrons. The molecule has 0 radical (unpaired) electrons. The van der Waals surface area contributed by atoms with Gasteiger partial charge in [0, 0.05) is 27.5 Å². The van der Waals surface area contributed by atoms with Crippen LogP contribution in [0.2, 0.25) is 0 Å². The van der Waals surface area contributed by atoms with Crippen molar-refractivity contribution in [2.24, 2.45) is 11.3 Å². The number of aryl methyl sites for hydroxylation is 3. The first-order valence-electron chi connectivity index (χ1n) is 55.1. The molecule has 0 heterocycles. The van der Waals surface area contributed by atoms with Crippen molar-refractivity contribution >= 4 is 25.8 Å². The van der Waals surface area contributed by atoms with Gasteiger partial charge in [-0.05, 0) is 138 Å². The smallest absolute Gasteiger partial charge is 0.391 e. The predicted molar refractivity (Wildman–Crippen MR) is 560 cm³/mol. The first-order valence-corrected chi connectivity index (χ1v) is 58.6. The fraction of sp³-hybridized carbons (Fsp3) is 0.843. The molecule has 9 nitrogen and oxygen atoms in total. The minimum atomic E-state index is -2.78. The monoisotopic (exact) mass is 1830 g/mol. The molecule has 6 N–H and O–H groups in total. The normalized spacial score (nSPS) is 13.1. The number of unbranched alkanes of at least 4 members (excludes halogenated alkanes) is 60. The van der Waals surface area contributed by atoms with Crippen LogP contribution < -0.4 is 13.6 Å². The van der Waals surface area contributed by atoms with E-state index in [2.05, 4.69) is 161 Å².